The molecule has 0 N–H and O–H groups in total. The van der Waals surface area contributed by atoms with E-state index in [0.717, 1.165) is 17.3 Å². The van der Waals surface area contributed by atoms with Gasteiger partial charge in [-0.2, -0.15) is 0 Å². The molecule has 0 amide bonds. The molecule has 0 unspecified atom stereocenters. The van der Waals surface area contributed by atoms with Gasteiger partial charge in [0, 0.05) is 5.69 Å². The van der Waals surface area contributed by atoms with Crippen molar-refractivity contribution in [1.29, 1.82) is 0 Å². The van der Waals surface area contributed by atoms with Gasteiger partial charge in [-0.3, -0.25) is 16.1 Å². The van der Waals surface area contributed by atoms with Gasteiger partial charge in [0.25, 0.3) is 5.97 Å². The number of halogens is 1. The summed E-state index contributed by atoms with van der Waals surface area (Å²) < 4.78 is 4.38. The van der Waals surface area contributed by atoms with Gasteiger partial charge in [0.1, 0.15) is 0 Å². The van der Waals surface area contributed by atoms with Gasteiger partial charge in [-0.25, -0.2) is 0 Å². The third-order valence-corrected chi connectivity index (χ3v) is 1.32. The van der Waals surface area contributed by atoms with Crippen LogP contribution in [0.3, 0.4) is 0 Å². The molecule has 1 rings (SSSR count). The van der Waals surface area contributed by atoms with E-state index < -0.39 is 5.97 Å². The van der Waals surface area contributed by atoms with Crippen molar-refractivity contribution in [1.82, 2.24) is 4.98 Å². The summed E-state index contributed by atoms with van der Waals surface area (Å²) in [6.45, 7) is 0. The van der Waals surface area contributed by atoms with Crippen molar-refractivity contribution in [2.24, 2.45) is 0 Å². The van der Waals surface area contributed by atoms with Crippen molar-refractivity contribution in [3.63, 3.8) is 0 Å². The molecule has 56 valence electrons. The van der Waals surface area contributed by atoms with Crippen molar-refractivity contribution in [2.75, 3.05) is 7.11 Å². The van der Waals surface area contributed by atoms with Crippen LogP contribution in [-0.2, 0) is 22.0 Å². The van der Waals surface area contributed by atoms with Crippen LogP contribution in [-0.4, -0.2) is 18.1 Å². The molecule has 0 atom stereocenters. The minimum absolute atomic E-state index is 0.322. The van der Waals surface area contributed by atoms with Crippen LogP contribution in [0.1, 0.15) is 10.5 Å². The Morgan fingerprint density at radius 1 is 1.91 bits per heavy atom. The molecule has 0 fully saturated rings. The fourth-order valence-corrected chi connectivity index (χ4v) is 0.847. The number of ether oxygens (including phenoxy) is 1. The van der Waals surface area contributed by atoms with Gasteiger partial charge >= 0.3 is 27.0 Å². The minimum atomic E-state index is -0.410. The van der Waals surface area contributed by atoms with E-state index in [-0.39, 0.29) is 0 Å². The maximum atomic E-state index is 10.6. The zero-order valence-corrected chi connectivity index (χ0v) is 10.4. The first kappa shape index (κ1) is 11.0. The van der Waals surface area contributed by atoms with Crippen molar-refractivity contribution in [3.05, 3.63) is 16.6 Å². The number of thiazole rings is 1. The number of carbonyl (C=O) groups excluding carboxylic acids is 1. The van der Waals surface area contributed by atoms with Gasteiger partial charge in [-0.05, 0) is 5.51 Å². The molecule has 3 nitrogen and oxygen atoms in total. The molecule has 1 heterocycles. The average Bonchev–Trinajstić information content (AvgIpc) is 2.59. The predicted molar refractivity (Wildman–Crippen MR) is 38.1 cm³/mol. The Balaban J connectivity index is 0.000000461. The molecule has 0 saturated heterocycles. The van der Waals surface area contributed by atoms with Crippen molar-refractivity contribution >= 4 is 27.0 Å². The summed E-state index contributed by atoms with van der Waals surface area (Å²) in [5.41, 5.74) is 2.86. The van der Waals surface area contributed by atoms with Crippen LogP contribution in [0.15, 0.2) is 5.38 Å². The van der Waals surface area contributed by atoms with Crippen LogP contribution < -0.4 is 0 Å². The summed E-state index contributed by atoms with van der Waals surface area (Å²) in [6, 6.07) is 0. The second-order valence-corrected chi connectivity index (χ2v) is 1.97. The Kier molecular flexibility index (Phi) is 6.71. The third-order valence-electron chi connectivity index (χ3n) is 0.784. The first-order valence-electron chi connectivity index (χ1n) is 2.51. The molecule has 0 aliphatic carbocycles. The third kappa shape index (κ3) is 3.80. The number of hydrogen-bond acceptors (Lipinski definition) is 4. The molecule has 6 heteroatoms. The van der Waals surface area contributed by atoms with E-state index in [4.69, 9.17) is 9.69 Å². The van der Waals surface area contributed by atoms with E-state index >= 15 is 0 Å². The van der Waals surface area contributed by atoms with Crippen molar-refractivity contribution < 1.29 is 26.8 Å². The molecule has 1 aromatic rings. The summed E-state index contributed by atoms with van der Waals surface area (Å²) in [5, 5.41) is 1.59. The number of esters is 1. The van der Waals surface area contributed by atoms with Crippen LogP contribution >= 0.6 is 21.0 Å². The second-order valence-electron chi connectivity index (χ2n) is 1.32. The van der Waals surface area contributed by atoms with Crippen LogP contribution in [0.2, 0.25) is 0 Å². The number of methoxy groups -OCH3 is 1. The van der Waals surface area contributed by atoms with Crippen LogP contribution in [0.4, 0.5) is 0 Å². The summed E-state index contributed by atoms with van der Waals surface area (Å²) in [4.78, 5) is 14.2. The number of aromatic nitrogens is 1. The molecule has 0 aromatic carbocycles. The molecule has 0 spiro atoms. The van der Waals surface area contributed by atoms with E-state index in [1.54, 1.807) is 5.38 Å². The Morgan fingerprint density at radius 3 is 2.91 bits per heavy atom. The van der Waals surface area contributed by atoms with Gasteiger partial charge in [0.2, 0.25) is 0 Å². The number of hydrogen-bond donors (Lipinski definition) is 0. The quantitative estimate of drug-likeness (QED) is 0.425. The molecule has 0 aliphatic heterocycles. The van der Waals surface area contributed by atoms with E-state index in [2.05, 4.69) is 15.2 Å². The van der Waals surface area contributed by atoms with E-state index in [0.29, 0.717) is 5.69 Å². The Morgan fingerprint density at radius 2 is 2.55 bits per heavy atom. The summed E-state index contributed by atoms with van der Waals surface area (Å²) in [6.07, 6.45) is 0. The predicted octanol–water partition coefficient (Wildman–Crippen LogP) is 1.42. The summed E-state index contributed by atoms with van der Waals surface area (Å²) in [7, 11) is 6.08. The first-order valence-corrected chi connectivity index (χ1v) is 7.29. The van der Waals surface area contributed by atoms with Crippen LogP contribution in [0.25, 0.3) is 0 Å². The molecule has 0 aliphatic rings. The van der Waals surface area contributed by atoms with E-state index in [1.165, 1.54) is 18.4 Å². The SMILES string of the molecule is COC(=O)c1cs[c-]n1.[Cl][Zn+]. The van der Waals surface area contributed by atoms with E-state index in [1.807, 2.05) is 0 Å². The normalized spacial score (nSPS) is 8.00. The first-order chi connectivity index (χ1) is 5.34. The summed E-state index contributed by atoms with van der Waals surface area (Å²) >= 11 is 2.09. The Hall–Kier alpha value is 0.0134. The number of carbonyl (C=O) groups is 1. The van der Waals surface area contributed by atoms with Gasteiger partial charge < -0.3 is 9.72 Å². The molecule has 0 saturated carbocycles. The van der Waals surface area contributed by atoms with E-state index in [9.17, 15) is 4.79 Å². The number of rotatable bonds is 1. The van der Waals surface area contributed by atoms with Crippen LogP contribution in [0, 0.1) is 5.51 Å². The second kappa shape index (κ2) is 6.71. The number of nitrogens with zero attached hydrogens (tertiary/aromatic N) is 1. The molecule has 0 bridgehead atoms. The zero-order valence-electron chi connectivity index (χ0n) is 5.83. The Bertz CT molecular complexity index is 204. The molecular formula is C5H4ClNO2SZn. The molecular weight excluding hydrogens is 239 g/mol. The Labute approximate surface area is 82.5 Å². The standard InChI is InChI=1S/C5H4NO2S.ClH.Zn/c1-8-5(7)4-2-9-3-6-4;;/h2H,1H3;1H;/q-1;;+2/p-1. The fraction of sp³-hybridized carbons (Fsp3) is 0.200. The van der Waals surface area contributed by atoms with Crippen LogP contribution in [0.5, 0.6) is 0 Å². The molecule has 11 heavy (non-hydrogen) atoms. The summed E-state index contributed by atoms with van der Waals surface area (Å²) in [5.74, 6) is -0.410. The fourth-order valence-electron chi connectivity index (χ4n) is 0.382. The van der Waals surface area contributed by atoms with Gasteiger partial charge in [-0.15, -0.1) is 5.38 Å². The molecule has 0 radical (unpaired) electrons. The topological polar surface area (TPSA) is 39.2 Å². The van der Waals surface area contributed by atoms with Gasteiger partial charge in [-0.1, -0.05) is 0 Å². The molecule has 1 aromatic heterocycles. The van der Waals surface area contributed by atoms with Gasteiger partial charge in [0.05, 0.1) is 7.11 Å². The van der Waals surface area contributed by atoms with Crippen molar-refractivity contribution in [2.45, 2.75) is 0 Å². The monoisotopic (exact) mass is 241 g/mol. The van der Waals surface area contributed by atoms with Gasteiger partial charge in [0.15, 0.2) is 0 Å². The van der Waals surface area contributed by atoms with Crippen molar-refractivity contribution in [3.8, 4) is 0 Å². The zero-order chi connectivity index (χ0) is 8.69. The average molecular weight is 243 g/mol. The maximum absolute atomic E-state index is 10.6.